The molecule has 6 heteroatoms. The van der Waals surface area contributed by atoms with E-state index in [0.717, 1.165) is 24.5 Å². The molecule has 0 saturated carbocycles. The highest BCUT2D eigenvalue weighted by molar-refractivity contribution is 5.95. The van der Waals surface area contributed by atoms with Crippen LogP contribution in [0.2, 0.25) is 0 Å². The molecule has 1 aromatic heterocycles. The second-order valence-corrected chi connectivity index (χ2v) is 6.98. The van der Waals surface area contributed by atoms with Crippen molar-refractivity contribution in [2.24, 2.45) is 0 Å². The molecule has 6 nitrogen and oxygen atoms in total. The average Bonchev–Trinajstić information content (AvgIpc) is 2.68. The number of nitrogens with one attached hydrogen (secondary N) is 1. The van der Waals surface area contributed by atoms with Crippen molar-refractivity contribution in [3.05, 3.63) is 58.0 Å². The van der Waals surface area contributed by atoms with Gasteiger partial charge in [-0.15, -0.1) is 0 Å². The minimum atomic E-state index is -0.174. The number of para-hydroxylation sites is 2. The summed E-state index contributed by atoms with van der Waals surface area (Å²) in [4.78, 5) is 31.6. The van der Waals surface area contributed by atoms with Gasteiger partial charge in [0.25, 0.3) is 5.91 Å². The number of ether oxygens (including phenoxy) is 1. The molecule has 144 valence electrons. The molecule has 2 heterocycles. The van der Waals surface area contributed by atoms with E-state index in [1.165, 1.54) is 6.07 Å². The van der Waals surface area contributed by atoms with Crippen molar-refractivity contribution in [1.82, 2.24) is 9.88 Å². The Morgan fingerprint density at radius 2 is 1.81 bits per heavy atom. The Bertz CT molecular complexity index is 852. The van der Waals surface area contributed by atoms with E-state index >= 15 is 0 Å². The molecule has 0 atom stereocenters. The molecule has 0 spiro atoms. The van der Waals surface area contributed by atoms with E-state index in [1.54, 1.807) is 6.07 Å². The summed E-state index contributed by atoms with van der Waals surface area (Å²) in [6, 6.07) is 11.1. The lowest BCUT2D eigenvalue weighted by molar-refractivity contribution is 0.0744. The second kappa shape index (κ2) is 8.29. The first-order valence-corrected chi connectivity index (χ1v) is 9.50. The zero-order chi connectivity index (χ0) is 19.4. The lowest BCUT2D eigenvalue weighted by Crippen LogP contribution is -2.49. The fraction of sp³-hybridized carbons (Fsp3) is 0.429. The fourth-order valence-corrected chi connectivity index (χ4v) is 3.45. The summed E-state index contributed by atoms with van der Waals surface area (Å²) in [5.74, 6) is 0.937. The first kappa shape index (κ1) is 19.0. The van der Waals surface area contributed by atoms with E-state index in [-0.39, 0.29) is 17.4 Å². The number of H-pyrrole nitrogens is 1. The van der Waals surface area contributed by atoms with Crippen molar-refractivity contribution in [2.75, 3.05) is 37.7 Å². The minimum Gasteiger partial charge on any atom is -0.492 e. The predicted molar refractivity (Wildman–Crippen MR) is 107 cm³/mol. The van der Waals surface area contributed by atoms with Crippen molar-refractivity contribution in [3.63, 3.8) is 0 Å². The van der Waals surface area contributed by atoms with Gasteiger partial charge in [-0.05, 0) is 31.0 Å². The van der Waals surface area contributed by atoms with Crippen LogP contribution in [-0.2, 0) is 0 Å². The third-order valence-corrected chi connectivity index (χ3v) is 4.83. The van der Waals surface area contributed by atoms with Gasteiger partial charge in [0.1, 0.15) is 5.75 Å². The van der Waals surface area contributed by atoms with E-state index in [9.17, 15) is 9.59 Å². The number of nitrogens with zero attached hydrogens (tertiary/aromatic N) is 2. The van der Waals surface area contributed by atoms with Crippen LogP contribution in [0.3, 0.4) is 0 Å². The molecule has 1 N–H and O–H groups in total. The van der Waals surface area contributed by atoms with E-state index in [0.29, 0.717) is 31.0 Å². The second-order valence-electron chi connectivity index (χ2n) is 6.98. The van der Waals surface area contributed by atoms with Crippen molar-refractivity contribution < 1.29 is 9.53 Å². The predicted octanol–water partition coefficient (Wildman–Crippen LogP) is 2.86. The van der Waals surface area contributed by atoms with Gasteiger partial charge in [-0.2, -0.15) is 0 Å². The quantitative estimate of drug-likeness (QED) is 0.880. The third kappa shape index (κ3) is 4.15. The number of pyridine rings is 1. The Kier molecular flexibility index (Phi) is 5.84. The molecule has 0 unspecified atom stereocenters. The van der Waals surface area contributed by atoms with E-state index in [1.807, 2.05) is 43.9 Å². The normalized spacial score (nSPS) is 14.5. The van der Waals surface area contributed by atoms with E-state index in [2.05, 4.69) is 16.0 Å². The lowest BCUT2D eigenvalue weighted by atomic mass is 10.0. The molecular formula is C21H27N3O3. The summed E-state index contributed by atoms with van der Waals surface area (Å²) in [5.41, 5.74) is 2.19. The third-order valence-electron chi connectivity index (χ3n) is 4.83. The number of hydrogen-bond donors (Lipinski definition) is 1. The standard InChI is InChI=1S/C21H27N3O3/c1-4-27-18-8-6-5-7-17(18)23-11-13-24(14-12-23)21(26)16-9-10-19(25)22-20(16)15(2)3/h5-10,15H,4,11-14H2,1-3H3,(H,22,25). The molecule has 1 saturated heterocycles. The number of benzene rings is 1. The summed E-state index contributed by atoms with van der Waals surface area (Å²) in [7, 11) is 0. The maximum absolute atomic E-state index is 13.0. The van der Waals surface area contributed by atoms with Gasteiger partial charge in [0.05, 0.1) is 17.9 Å². The van der Waals surface area contributed by atoms with Crippen LogP contribution in [0.25, 0.3) is 0 Å². The maximum Gasteiger partial charge on any atom is 0.255 e. The maximum atomic E-state index is 13.0. The van der Waals surface area contributed by atoms with Gasteiger partial charge in [-0.3, -0.25) is 9.59 Å². The summed E-state index contributed by atoms with van der Waals surface area (Å²) in [5, 5.41) is 0. The Morgan fingerprint density at radius 3 is 2.48 bits per heavy atom. The smallest absolute Gasteiger partial charge is 0.255 e. The topological polar surface area (TPSA) is 65.6 Å². The van der Waals surface area contributed by atoms with Crippen molar-refractivity contribution >= 4 is 11.6 Å². The van der Waals surface area contributed by atoms with Crippen LogP contribution >= 0.6 is 0 Å². The number of carbonyl (C=O) groups is 1. The minimum absolute atomic E-state index is 0.0207. The highest BCUT2D eigenvalue weighted by Gasteiger charge is 2.26. The van der Waals surface area contributed by atoms with Gasteiger partial charge in [-0.25, -0.2) is 0 Å². The number of aromatic nitrogens is 1. The summed E-state index contributed by atoms with van der Waals surface area (Å²) in [6.45, 7) is 9.32. The Balaban J connectivity index is 1.73. The number of amides is 1. The van der Waals surface area contributed by atoms with Crippen LogP contribution in [-0.4, -0.2) is 48.6 Å². The van der Waals surface area contributed by atoms with Crippen LogP contribution in [0.1, 0.15) is 42.7 Å². The molecule has 1 aliphatic rings. The SMILES string of the molecule is CCOc1ccccc1N1CCN(C(=O)c2ccc(=O)[nH]c2C(C)C)CC1. The molecule has 1 aromatic carbocycles. The molecule has 1 amide bonds. The van der Waals surface area contributed by atoms with Gasteiger partial charge in [0, 0.05) is 37.9 Å². The van der Waals surface area contributed by atoms with Crippen LogP contribution in [0.5, 0.6) is 5.75 Å². The van der Waals surface area contributed by atoms with Gasteiger partial charge in [0.2, 0.25) is 5.56 Å². The highest BCUT2D eigenvalue weighted by Crippen LogP contribution is 2.29. The van der Waals surface area contributed by atoms with Crippen molar-refractivity contribution in [2.45, 2.75) is 26.7 Å². The number of rotatable bonds is 5. The number of hydrogen-bond acceptors (Lipinski definition) is 4. The van der Waals surface area contributed by atoms with Crippen LogP contribution in [0.4, 0.5) is 5.69 Å². The summed E-state index contributed by atoms with van der Waals surface area (Å²) >= 11 is 0. The summed E-state index contributed by atoms with van der Waals surface area (Å²) in [6.07, 6.45) is 0. The van der Waals surface area contributed by atoms with E-state index < -0.39 is 0 Å². The van der Waals surface area contributed by atoms with Crippen LogP contribution < -0.4 is 15.2 Å². The molecule has 3 rings (SSSR count). The zero-order valence-corrected chi connectivity index (χ0v) is 16.2. The molecule has 0 aliphatic carbocycles. The molecule has 27 heavy (non-hydrogen) atoms. The van der Waals surface area contributed by atoms with E-state index in [4.69, 9.17) is 4.74 Å². The number of piperazine rings is 1. The number of carbonyl (C=O) groups excluding carboxylic acids is 1. The summed E-state index contributed by atoms with van der Waals surface area (Å²) < 4.78 is 5.73. The molecule has 1 fully saturated rings. The fourth-order valence-electron chi connectivity index (χ4n) is 3.45. The van der Waals surface area contributed by atoms with Crippen LogP contribution in [0, 0.1) is 0 Å². The monoisotopic (exact) mass is 369 g/mol. The first-order valence-electron chi connectivity index (χ1n) is 9.50. The van der Waals surface area contributed by atoms with Crippen LogP contribution in [0.15, 0.2) is 41.2 Å². The number of aromatic amines is 1. The molecule has 0 radical (unpaired) electrons. The Hall–Kier alpha value is -2.76. The first-order chi connectivity index (χ1) is 13.0. The largest absolute Gasteiger partial charge is 0.492 e. The Morgan fingerprint density at radius 1 is 1.11 bits per heavy atom. The van der Waals surface area contributed by atoms with Gasteiger partial charge < -0.3 is 19.5 Å². The van der Waals surface area contributed by atoms with Crippen molar-refractivity contribution in [1.29, 1.82) is 0 Å². The van der Waals surface area contributed by atoms with Gasteiger partial charge in [-0.1, -0.05) is 26.0 Å². The lowest BCUT2D eigenvalue weighted by Gasteiger charge is -2.37. The molecule has 2 aromatic rings. The van der Waals surface area contributed by atoms with Gasteiger partial charge >= 0.3 is 0 Å². The zero-order valence-electron chi connectivity index (χ0n) is 16.2. The molecular weight excluding hydrogens is 342 g/mol. The highest BCUT2D eigenvalue weighted by atomic mass is 16.5. The molecule has 1 aliphatic heterocycles. The molecule has 0 bridgehead atoms. The van der Waals surface area contributed by atoms with Crippen molar-refractivity contribution in [3.8, 4) is 5.75 Å². The Labute approximate surface area is 159 Å². The number of anilines is 1. The average molecular weight is 369 g/mol. The van der Waals surface area contributed by atoms with Gasteiger partial charge in [0.15, 0.2) is 0 Å².